The quantitative estimate of drug-likeness (QED) is 0.0952. The molecular formula is C62H56N2. The van der Waals surface area contributed by atoms with Crippen LogP contribution in [0.4, 0.5) is 22.7 Å². The minimum absolute atomic E-state index is 0.929. The first-order valence-corrected chi connectivity index (χ1v) is 22.4. The first-order valence-electron chi connectivity index (χ1n) is 22.4. The molecule has 6 aromatic rings. The Kier molecular flexibility index (Phi) is 14.1. The molecule has 0 aliphatic heterocycles. The van der Waals surface area contributed by atoms with Gasteiger partial charge in [-0.05, 0) is 156 Å². The van der Waals surface area contributed by atoms with E-state index < -0.39 is 0 Å². The number of hydrogen-bond donors (Lipinski definition) is 0. The predicted octanol–water partition coefficient (Wildman–Crippen LogP) is 17.5. The highest BCUT2D eigenvalue weighted by Crippen LogP contribution is 2.44. The molecule has 0 heterocycles. The molecule has 0 N–H and O–H groups in total. The number of para-hydroxylation sites is 2. The normalized spacial score (nSPS) is 14.4. The Bertz CT molecular complexity index is 2860. The van der Waals surface area contributed by atoms with Crippen molar-refractivity contribution in [1.82, 2.24) is 0 Å². The van der Waals surface area contributed by atoms with E-state index in [0.29, 0.717) is 0 Å². The van der Waals surface area contributed by atoms with Gasteiger partial charge in [-0.2, -0.15) is 0 Å². The van der Waals surface area contributed by atoms with Gasteiger partial charge in [0.15, 0.2) is 0 Å². The lowest BCUT2D eigenvalue weighted by Crippen LogP contribution is -2.19. The second-order valence-electron chi connectivity index (χ2n) is 15.9. The summed E-state index contributed by atoms with van der Waals surface area (Å²) in [6.45, 7) is 12.1. The zero-order valence-corrected chi connectivity index (χ0v) is 37.1. The van der Waals surface area contributed by atoms with Crippen LogP contribution in [0.5, 0.6) is 0 Å². The summed E-state index contributed by atoms with van der Waals surface area (Å²) in [5, 5.41) is 0. The highest BCUT2D eigenvalue weighted by Gasteiger charge is 2.24. The molecule has 314 valence electrons. The fraction of sp³-hybridized carbons (Fsp3) is 0.0968. The van der Waals surface area contributed by atoms with E-state index in [1.165, 1.54) is 55.8 Å². The molecular weight excluding hydrogens is 773 g/mol. The van der Waals surface area contributed by atoms with E-state index in [0.717, 1.165) is 59.7 Å². The standard InChI is InChI=1S/C62H56N2/c1-5-9-24-47(8-4)49-41-43-57(44-42-49)63(56-30-14-11-15-31-56)61-35-18-16-33-59(61)50-37-39-51(40-38-50)60-34-17-19-36-62(60)64(55(22-6-2)23-7-3)58-32-21-29-54(46-58)53-28-20-27-52(45-53)48-25-12-10-13-26-48/h5-15,17-32,34-37,39,41-46H,1-2,16,33,38,40H2,3-4H3/b23-7-,24-9-,47-8+,55-22+. The Hall–Kier alpha value is -7.68. The van der Waals surface area contributed by atoms with Crippen LogP contribution in [-0.2, 0) is 0 Å². The lowest BCUT2D eigenvalue weighted by molar-refractivity contribution is 0.881. The maximum absolute atomic E-state index is 4.13. The average molecular weight is 829 g/mol. The van der Waals surface area contributed by atoms with Crippen molar-refractivity contribution < 1.29 is 0 Å². The van der Waals surface area contributed by atoms with Gasteiger partial charge in [-0.15, -0.1) is 0 Å². The lowest BCUT2D eigenvalue weighted by Gasteiger charge is -2.32. The minimum Gasteiger partial charge on any atom is -0.310 e. The van der Waals surface area contributed by atoms with Crippen LogP contribution in [0, 0.1) is 0 Å². The van der Waals surface area contributed by atoms with Crippen LogP contribution >= 0.6 is 0 Å². The highest BCUT2D eigenvalue weighted by atomic mass is 15.2. The summed E-state index contributed by atoms with van der Waals surface area (Å²) >= 11 is 0. The van der Waals surface area contributed by atoms with Crippen molar-refractivity contribution in [2.75, 3.05) is 9.80 Å². The molecule has 0 fully saturated rings. The van der Waals surface area contributed by atoms with Crippen molar-refractivity contribution in [2.45, 2.75) is 39.5 Å². The molecule has 0 saturated heterocycles. The van der Waals surface area contributed by atoms with Crippen molar-refractivity contribution in [2.24, 2.45) is 0 Å². The van der Waals surface area contributed by atoms with Gasteiger partial charge in [0.05, 0.1) is 5.69 Å². The summed E-state index contributed by atoms with van der Waals surface area (Å²) in [7, 11) is 0. The Labute approximate surface area is 381 Å². The molecule has 0 atom stereocenters. The molecule has 0 spiro atoms. The van der Waals surface area contributed by atoms with Crippen molar-refractivity contribution in [3.05, 3.63) is 277 Å². The Morgan fingerprint density at radius 1 is 0.562 bits per heavy atom. The van der Waals surface area contributed by atoms with E-state index in [9.17, 15) is 0 Å². The molecule has 0 radical (unpaired) electrons. The van der Waals surface area contributed by atoms with Crippen molar-refractivity contribution >= 4 is 33.9 Å². The largest absolute Gasteiger partial charge is 0.310 e. The van der Waals surface area contributed by atoms with Crippen molar-refractivity contribution in [3.8, 4) is 22.3 Å². The Morgan fingerprint density at radius 3 is 1.89 bits per heavy atom. The number of allylic oxidation sites excluding steroid dienone is 16. The predicted molar refractivity (Wildman–Crippen MR) is 278 cm³/mol. The van der Waals surface area contributed by atoms with E-state index in [-0.39, 0.29) is 0 Å². The van der Waals surface area contributed by atoms with E-state index in [2.05, 4.69) is 249 Å². The van der Waals surface area contributed by atoms with Crippen LogP contribution in [0.2, 0.25) is 0 Å². The third-order valence-electron chi connectivity index (χ3n) is 11.9. The van der Waals surface area contributed by atoms with Crippen LogP contribution in [0.25, 0.3) is 33.4 Å². The van der Waals surface area contributed by atoms with Crippen molar-refractivity contribution in [3.63, 3.8) is 0 Å². The van der Waals surface area contributed by atoms with Gasteiger partial charge < -0.3 is 9.80 Å². The van der Waals surface area contributed by atoms with Gasteiger partial charge >= 0.3 is 0 Å². The number of nitrogens with zero attached hydrogens (tertiary/aromatic N) is 2. The van der Waals surface area contributed by atoms with E-state index >= 15 is 0 Å². The molecule has 2 aliphatic carbocycles. The van der Waals surface area contributed by atoms with Crippen molar-refractivity contribution in [1.29, 1.82) is 0 Å². The number of rotatable bonds is 15. The molecule has 0 saturated carbocycles. The second kappa shape index (κ2) is 20.9. The number of anilines is 4. The molecule has 2 aliphatic rings. The monoisotopic (exact) mass is 828 g/mol. The average Bonchev–Trinajstić information content (AvgIpc) is 3.36. The number of benzene rings is 6. The summed E-state index contributed by atoms with van der Waals surface area (Å²) in [5.41, 5.74) is 19.2. The Morgan fingerprint density at radius 2 is 1.19 bits per heavy atom. The van der Waals surface area contributed by atoms with Crippen LogP contribution in [0.1, 0.15) is 50.7 Å². The SMILES string of the molecule is C=C/C=C\C(=C/C)c1ccc(N(C2=C(C3=CC=C(c4ccccc4N(C(/C=C\C)=C/C=C)c4cccc(-c5cccc(-c6ccccc6)c5)c4)CC3)CCC=C2)c2ccccc2)cc1. The first-order chi connectivity index (χ1) is 31.6. The summed E-state index contributed by atoms with van der Waals surface area (Å²) in [6, 6.07) is 56.9. The molecule has 8 rings (SSSR count). The van der Waals surface area contributed by atoms with E-state index in [1.54, 1.807) is 0 Å². The van der Waals surface area contributed by atoms with Gasteiger partial charge in [0.1, 0.15) is 0 Å². The minimum atomic E-state index is 0.929. The highest BCUT2D eigenvalue weighted by molar-refractivity contribution is 5.86. The van der Waals surface area contributed by atoms with Gasteiger partial charge in [-0.1, -0.05) is 177 Å². The van der Waals surface area contributed by atoms with E-state index in [4.69, 9.17) is 0 Å². The fourth-order valence-corrected chi connectivity index (χ4v) is 8.83. The third-order valence-corrected chi connectivity index (χ3v) is 11.9. The maximum atomic E-state index is 4.13. The summed E-state index contributed by atoms with van der Waals surface area (Å²) in [5.74, 6) is 0. The summed E-state index contributed by atoms with van der Waals surface area (Å²) in [4.78, 5) is 4.81. The smallest absolute Gasteiger partial charge is 0.0536 e. The molecule has 64 heavy (non-hydrogen) atoms. The molecule has 6 aromatic carbocycles. The van der Waals surface area contributed by atoms with Crippen LogP contribution < -0.4 is 9.80 Å². The zero-order valence-electron chi connectivity index (χ0n) is 37.1. The van der Waals surface area contributed by atoms with Crippen LogP contribution in [-0.4, -0.2) is 0 Å². The van der Waals surface area contributed by atoms with Gasteiger partial charge in [0.25, 0.3) is 0 Å². The third kappa shape index (κ3) is 9.68. The number of hydrogen-bond acceptors (Lipinski definition) is 2. The first kappa shape index (κ1) is 43.0. The fourth-order valence-electron chi connectivity index (χ4n) is 8.83. The molecule has 0 unspecified atom stereocenters. The van der Waals surface area contributed by atoms with E-state index in [1.807, 2.05) is 18.2 Å². The zero-order chi connectivity index (χ0) is 44.1. The maximum Gasteiger partial charge on any atom is 0.0536 e. The molecule has 0 aromatic heterocycles. The van der Waals surface area contributed by atoms with Gasteiger partial charge in [0.2, 0.25) is 0 Å². The lowest BCUT2D eigenvalue weighted by atomic mass is 9.85. The molecule has 2 heteroatoms. The van der Waals surface area contributed by atoms with Gasteiger partial charge in [-0.3, -0.25) is 0 Å². The summed E-state index contributed by atoms with van der Waals surface area (Å²) < 4.78 is 0. The Balaban J connectivity index is 1.18. The summed E-state index contributed by atoms with van der Waals surface area (Å²) in [6.07, 6.45) is 29.6. The molecule has 2 nitrogen and oxygen atoms in total. The molecule has 0 amide bonds. The van der Waals surface area contributed by atoms with Gasteiger partial charge in [-0.25, -0.2) is 0 Å². The molecule has 0 bridgehead atoms. The van der Waals surface area contributed by atoms with Crippen LogP contribution in [0.3, 0.4) is 0 Å². The second-order valence-corrected chi connectivity index (χ2v) is 15.9. The van der Waals surface area contributed by atoms with Gasteiger partial charge in [0, 0.05) is 34.0 Å². The van der Waals surface area contributed by atoms with Crippen LogP contribution in [0.15, 0.2) is 266 Å². The topological polar surface area (TPSA) is 6.48 Å².